The van der Waals surface area contributed by atoms with Crippen LogP contribution < -0.4 is 10.9 Å². The van der Waals surface area contributed by atoms with Gasteiger partial charge in [-0.05, 0) is 43.6 Å². The average Bonchev–Trinajstić information content (AvgIpc) is 3.01. The number of rotatable bonds is 5. The number of nitrogens with zero attached hydrogens (tertiary/aromatic N) is 2. The van der Waals surface area contributed by atoms with Gasteiger partial charge < -0.3 is 5.32 Å². The summed E-state index contributed by atoms with van der Waals surface area (Å²) in [4.78, 5) is 24.1. The monoisotopic (exact) mass is 317 g/mol. The third-order valence-electron chi connectivity index (χ3n) is 3.91. The Kier molecular flexibility index (Phi) is 4.68. The van der Waals surface area contributed by atoms with Gasteiger partial charge in [-0.15, -0.1) is 11.3 Å². The van der Waals surface area contributed by atoms with E-state index in [9.17, 15) is 9.59 Å². The van der Waals surface area contributed by atoms with Gasteiger partial charge in [-0.1, -0.05) is 11.6 Å². The van der Waals surface area contributed by atoms with Crippen LogP contribution in [-0.2, 0) is 11.3 Å². The summed E-state index contributed by atoms with van der Waals surface area (Å²) in [6.45, 7) is 0.604. The average molecular weight is 317 g/mol. The van der Waals surface area contributed by atoms with Crippen molar-refractivity contribution in [3.8, 4) is 0 Å². The number of carbonyl (C=O) groups is 1. The maximum atomic E-state index is 12.2. The third-order valence-corrected chi connectivity index (χ3v) is 4.83. The highest BCUT2D eigenvalue weighted by Gasteiger charge is 2.09. The second-order valence-corrected chi connectivity index (χ2v) is 6.44. The van der Waals surface area contributed by atoms with E-state index in [-0.39, 0.29) is 18.0 Å². The summed E-state index contributed by atoms with van der Waals surface area (Å²) in [7, 11) is 0. The number of fused-ring (bicyclic) bond motifs is 1. The van der Waals surface area contributed by atoms with Crippen LogP contribution in [-0.4, -0.2) is 22.2 Å². The maximum Gasteiger partial charge on any atom is 0.285 e. The molecule has 1 N–H and O–H groups in total. The lowest BCUT2D eigenvalue weighted by atomic mass is 9.97. The van der Waals surface area contributed by atoms with E-state index in [0.717, 1.165) is 24.6 Å². The molecule has 6 heteroatoms. The van der Waals surface area contributed by atoms with Crippen molar-refractivity contribution in [2.24, 2.45) is 0 Å². The molecule has 3 rings (SSSR count). The van der Waals surface area contributed by atoms with Gasteiger partial charge in [0.15, 0.2) is 0 Å². The van der Waals surface area contributed by atoms with Crippen molar-refractivity contribution in [2.45, 2.75) is 38.6 Å². The number of hydrogen-bond acceptors (Lipinski definition) is 4. The zero-order valence-electron chi connectivity index (χ0n) is 12.4. The van der Waals surface area contributed by atoms with Gasteiger partial charge in [-0.2, -0.15) is 5.10 Å². The first kappa shape index (κ1) is 15.0. The molecule has 0 saturated heterocycles. The first-order valence-electron chi connectivity index (χ1n) is 7.62. The first-order chi connectivity index (χ1) is 10.7. The molecule has 0 saturated carbocycles. The molecule has 0 atom stereocenters. The number of hydrogen-bond donors (Lipinski definition) is 1. The second kappa shape index (κ2) is 6.87. The Balaban J connectivity index is 1.55. The van der Waals surface area contributed by atoms with E-state index in [2.05, 4.69) is 16.5 Å². The number of amides is 1. The van der Waals surface area contributed by atoms with Crippen molar-refractivity contribution in [3.63, 3.8) is 0 Å². The maximum absolute atomic E-state index is 12.2. The molecular weight excluding hydrogens is 298 g/mol. The second-order valence-electron chi connectivity index (χ2n) is 5.52. The highest BCUT2D eigenvalue weighted by molar-refractivity contribution is 7.17. The van der Waals surface area contributed by atoms with Gasteiger partial charge in [0.25, 0.3) is 5.56 Å². The molecule has 0 radical (unpaired) electrons. The molecule has 0 aromatic carbocycles. The SMILES string of the molecule is O=C(Cn1ncc2ccsc2c1=O)NCCC1=CCCCC1. The van der Waals surface area contributed by atoms with Crippen LogP contribution >= 0.6 is 11.3 Å². The summed E-state index contributed by atoms with van der Waals surface area (Å²) in [5, 5.41) is 9.61. The van der Waals surface area contributed by atoms with Crippen molar-refractivity contribution in [2.75, 3.05) is 6.54 Å². The zero-order valence-corrected chi connectivity index (χ0v) is 13.2. The Morgan fingerprint density at radius 2 is 2.32 bits per heavy atom. The van der Waals surface area contributed by atoms with E-state index in [1.807, 2.05) is 11.4 Å². The van der Waals surface area contributed by atoms with Gasteiger partial charge >= 0.3 is 0 Å². The van der Waals surface area contributed by atoms with E-state index >= 15 is 0 Å². The molecular formula is C16H19N3O2S. The quantitative estimate of drug-likeness (QED) is 0.862. The van der Waals surface area contributed by atoms with Crippen molar-refractivity contribution in [1.82, 2.24) is 15.1 Å². The predicted molar refractivity (Wildman–Crippen MR) is 88.1 cm³/mol. The molecule has 116 valence electrons. The summed E-state index contributed by atoms with van der Waals surface area (Å²) in [6.07, 6.45) is 9.64. The van der Waals surface area contributed by atoms with Crippen LogP contribution in [0.4, 0.5) is 0 Å². The van der Waals surface area contributed by atoms with E-state index in [0.29, 0.717) is 11.2 Å². The van der Waals surface area contributed by atoms with Gasteiger partial charge in [0, 0.05) is 11.9 Å². The topological polar surface area (TPSA) is 64.0 Å². The minimum absolute atomic E-state index is 0.0221. The Morgan fingerprint density at radius 3 is 3.14 bits per heavy atom. The Morgan fingerprint density at radius 1 is 1.41 bits per heavy atom. The molecule has 0 aliphatic heterocycles. The van der Waals surface area contributed by atoms with Crippen LogP contribution in [0.5, 0.6) is 0 Å². The fourth-order valence-corrected chi connectivity index (χ4v) is 3.51. The number of nitrogens with one attached hydrogen (secondary N) is 1. The summed E-state index contributed by atoms with van der Waals surface area (Å²) >= 11 is 1.38. The van der Waals surface area contributed by atoms with Crippen LogP contribution in [0.3, 0.4) is 0 Å². The van der Waals surface area contributed by atoms with Crippen molar-refractivity contribution in [1.29, 1.82) is 0 Å². The first-order valence-corrected chi connectivity index (χ1v) is 8.50. The van der Waals surface area contributed by atoms with Gasteiger partial charge in [0.05, 0.1) is 6.20 Å². The lowest BCUT2D eigenvalue weighted by Crippen LogP contribution is -2.34. The molecule has 0 bridgehead atoms. The van der Waals surface area contributed by atoms with Crippen LogP contribution in [0.2, 0.25) is 0 Å². The van der Waals surface area contributed by atoms with Gasteiger partial charge in [-0.3, -0.25) is 9.59 Å². The van der Waals surface area contributed by atoms with E-state index in [1.165, 1.54) is 34.4 Å². The normalized spacial score (nSPS) is 14.8. The highest BCUT2D eigenvalue weighted by Crippen LogP contribution is 2.19. The standard InChI is InChI=1S/C16H19N3O2S/c20-14(17-8-6-12-4-2-1-3-5-12)11-19-16(21)15-13(10-18-19)7-9-22-15/h4,7,9-10H,1-3,5-6,8,11H2,(H,17,20). The van der Waals surface area contributed by atoms with Gasteiger partial charge in [0.1, 0.15) is 11.2 Å². The van der Waals surface area contributed by atoms with Crippen LogP contribution in [0, 0.1) is 0 Å². The number of aromatic nitrogens is 2. The molecule has 1 aliphatic rings. The molecule has 0 fully saturated rings. The van der Waals surface area contributed by atoms with Crippen molar-refractivity contribution >= 4 is 27.3 Å². The molecule has 22 heavy (non-hydrogen) atoms. The summed E-state index contributed by atoms with van der Waals surface area (Å²) in [5.74, 6) is -0.165. The summed E-state index contributed by atoms with van der Waals surface area (Å²) in [6, 6.07) is 1.86. The van der Waals surface area contributed by atoms with Gasteiger partial charge in [-0.25, -0.2) is 4.68 Å². The Hall–Kier alpha value is -1.95. The number of allylic oxidation sites excluding steroid dienone is 1. The van der Waals surface area contributed by atoms with Crippen molar-refractivity contribution < 1.29 is 4.79 Å². The smallest absolute Gasteiger partial charge is 0.285 e. The van der Waals surface area contributed by atoms with Crippen molar-refractivity contribution in [3.05, 3.63) is 39.6 Å². The fraction of sp³-hybridized carbons (Fsp3) is 0.438. The van der Waals surface area contributed by atoms with Crippen LogP contribution in [0.25, 0.3) is 10.1 Å². The van der Waals surface area contributed by atoms with Gasteiger partial charge in [0.2, 0.25) is 5.91 Å². The fourth-order valence-electron chi connectivity index (χ4n) is 2.69. The molecule has 2 aromatic heterocycles. The number of carbonyl (C=O) groups excluding carboxylic acids is 1. The van der Waals surface area contributed by atoms with E-state index < -0.39 is 0 Å². The van der Waals surface area contributed by atoms with E-state index in [4.69, 9.17) is 0 Å². The van der Waals surface area contributed by atoms with E-state index in [1.54, 1.807) is 6.20 Å². The molecule has 2 aromatic rings. The summed E-state index contributed by atoms with van der Waals surface area (Å²) in [5.41, 5.74) is 1.24. The molecule has 0 unspecified atom stereocenters. The molecule has 2 heterocycles. The minimum atomic E-state index is -0.197. The lowest BCUT2D eigenvalue weighted by molar-refractivity contribution is -0.121. The van der Waals surface area contributed by atoms with Crippen LogP contribution in [0.1, 0.15) is 32.1 Å². The largest absolute Gasteiger partial charge is 0.354 e. The number of thiophene rings is 1. The Bertz CT molecular complexity index is 760. The Labute approximate surface area is 132 Å². The summed E-state index contributed by atoms with van der Waals surface area (Å²) < 4.78 is 1.88. The highest BCUT2D eigenvalue weighted by atomic mass is 32.1. The molecule has 0 spiro atoms. The predicted octanol–water partition coefficient (Wildman–Crippen LogP) is 2.46. The third kappa shape index (κ3) is 3.44. The molecule has 1 amide bonds. The zero-order chi connectivity index (χ0) is 15.4. The lowest BCUT2D eigenvalue weighted by Gasteiger charge is -2.13. The van der Waals surface area contributed by atoms with Crippen LogP contribution in [0.15, 0.2) is 34.1 Å². The molecule has 1 aliphatic carbocycles. The minimum Gasteiger partial charge on any atom is -0.354 e. The molecule has 5 nitrogen and oxygen atoms in total.